The molecule has 14 rings (SSSR count). The molecule has 4 heterocycles. The number of ketones is 1. The summed E-state index contributed by atoms with van der Waals surface area (Å²) in [6.07, 6.45) is 9.50. The number of hydrogen-bond acceptors (Lipinski definition) is 16. The van der Waals surface area contributed by atoms with E-state index in [9.17, 15) is 34.1 Å². The van der Waals surface area contributed by atoms with E-state index in [-0.39, 0.29) is 89.9 Å². The van der Waals surface area contributed by atoms with Crippen molar-refractivity contribution in [2.24, 2.45) is 23.7 Å². The average Bonchev–Trinajstić information content (AvgIpc) is 2.45. The molecule has 23 heteroatoms. The Morgan fingerprint density at radius 2 is 1.02 bits per heavy atom. The molecule has 4 bridgehead atoms. The number of carboxylic acids is 1. The second kappa shape index (κ2) is 23.8. The van der Waals surface area contributed by atoms with Gasteiger partial charge in [0.15, 0.2) is 17.4 Å². The second-order valence-corrected chi connectivity index (χ2v) is 27.3. The molecule has 3 N–H and O–H groups in total. The Labute approximate surface area is 520 Å². The second-order valence-electron chi connectivity index (χ2n) is 23.6. The molecule has 0 saturated heterocycles. The van der Waals surface area contributed by atoms with Gasteiger partial charge in [0.1, 0.15) is 55.2 Å². The summed E-state index contributed by atoms with van der Waals surface area (Å²) >= 11 is 28.4. The Balaban J connectivity index is 0.000000161. The minimum absolute atomic E-state index is 0.0688. The van der Waals surface area contributed by atoms with Crippen LogP contribution >= 0.6 is 69.1 Å². The van der Waals surface area contributed by atoms with Gasteiger partial charge in [0.2, 0.25) is 0 Å². The third-order valence-corrected chi connectivity index (χ3v) is 21.8. The van der Waals surface area contributed by atoms with Gasteiger partial charge in [-0.15, -0.1) is 22.7 Å². The van der Waals surface area contributed by atoms with E-state index in [0.717, 1.165) is 86.1 Å². The van der Waals surface area contributed by atoms with Crippen LogP contribution < -0.4 is 0 Å². The monoisotopic (exact) mass is 1290 g/mol. The summed E-state index contributed by atoms with van der Waals surface area (Å²) < 4.78 is 60.3. The minimum atomic E-state index is -1.21. The van der Waals surface area contributed by atoms with Crippen molar-refractivity contribution in [1.82, 2.24) is 20.3 Å². The van der Waals surface area contributed by atoms with Crippen molar-refractivity contribution in [3.05, 3.63) is 136 Å². The van der Waals surface area contributed by atoms with Gasteiger partial charge in [0.25, 0.3) is 0 Å². The van der Waals surface area contributed by atoms with Gasteiger partial charge in [-0.3, -0.25) is 9.59 Å². The van der Waals surface area contributed by atoms with Gasteiger partial charge < -0.3 is 38.6 Å². The number of aliphatic hydroxyl groups is 2. The molecular weight excluding hydrogens is 1230 g/mol. The molecule has 15 nitrogen and oxygen atoms in total. The third kappa shape index (κ3) is 11.1. The fraction of sp³-hybridized carbons (Fsp3) is 0.444. The van der Waals surface area contributed by atoms with Crippen LogP contribution in [0.1, 0.15) is 162 Å². The van der Waals surface area contributed by atoms with E-state index in [1.807, 2.05) is 0 Å². The normalized spacial score (nSPS) is 25.0. The van der Waals surface area contributed by atoms with Crippen LogP contribution in [0.3, 0.4) is 0 Å². The number of rotatable bonds is 18. The Morgan fingerprint density at radius 1 is 0.616 bits per heavy atom. The fourth-order valence-electron chi connectivity index (χ4n) is 13.7. The molecule has 0 amide bonds. The molecule has 0 radical (unpaired) electrons. The summed E-state index contributed by atoms with van der Waals surface area (Å²) in [4.78, 5) is 44.9. The number of carbonyl (C=O) groups excluding carboxylic acids is 2. The summed E-state index contributed by atoms with van der Waals surface area (Å²) in [6, 6.07) is 15.8. The Hall–Kier alpha value is -5.45. The number of thiazole rings is 2. The molecule has 4 unspecified atom stereocenters. The zero-order valence-corrected chi connectivity index (χ0v) is 51.1. The number of fused-ring (bicyclic) bond motifs is 6. The highest BCUT2D eigenvalue weighted by Crippen LogP contribution is 2.59. The summed E-state index contributed by atoms with van der Waals surface area (Å²) in [5.41, 5.74) is 2.05. The van der Waals surface area contributed by atoms with Crippen LogP contribution in [0.15, 0.2) is 69.7 Å². The van der Waals surface area contributed by atoms with E-state index in [1.54, 1.807) is 49.4 Å². The van der Waals surface area contributed by atoms with E-state index >= 15 is 4.39 Å². The number of halogens is 6. The van der Waals surface area contributed by atoms with Crippen molar-refractivity contribution >= 4 is 107 Å². The number of carboxylic acid groups (broad SMARTS) is 1. The Bertz CT molecular complexity index is 3910. The zero-order chi connectivity index (χ0) is 59.9. The van der Waals surface area contributed by atoms with Gasteiger partial charge in [-0.25, -0.2) is 23.5 Å². The van der Waals surface area contributed by atoms with Gasteiger partial charge in [0, 0.05) is 46.1 Å². The highest BCUT2D eigenvalue weighted by Gasteiger charge is 2.58. The predicted molar refractivity (Wildman–Crippen MR) is 320 cm³/mol. The summed E-state index contributed by atoms with van der Waals surface area (Å²) in [7, 11) is 0. The van der Waals surface area contributed by atoms with E-state index in [4.69, 9.17) is 69.7 Å². The number of ether oxygens (including phenoxy) is 3. The smallest absolute Gasteiger partial charge is 0.335 e. The van der Waals surface area contributed by atoms with Crippen LogP contribution in [-0.2, 0) is 43.4 Å². The van der Waals surface area contributed by atoms with Crippen molar-refractivity contribution in [2.45, 2.75) is 145 Å². The number of carbonyl (C=O) groups is 3. The number of Topliss-reactive ketones (excluding diaryl/α,β-unsaturated/α-hetero) is 1. The molecule has 0 aliphatic heterocycles. The molecule has 6 saturated carbocycles. The average molecular weight is 1290 g/mol. The highest BCUT2D eigenvalue weighted by molar-refractivity contribution is 7.19. The van der Waals surface area contributed by atoms with Crippen LogP contribution in [-0.4, -0.2) is 72.1 Å². The van der Waals surface area contributed by atoms with Gasteiger partial charge in [-0.1, -0.05) is 68.8 Å². The van der Waals surface area contributed by atoms with Crippen molar-refractivity contribution in [3.8, 4) is 22.5 Å². The van der Waals surface area contributed by atoms with Gasteiger partial charge in [-0.2, -0.15) is 0 Å². The molecule has 6 fully saturated rings. The summed E-state index contributed by atoms with van der Waals surface area (Å²) in [6.45, 7) is 2.51. The molecule has 8 atom stereocenters. The molecule has 6 aliphatic rings. The highest BCUT2D eigenvalue weighted by atomic mass is 35.5. The Kier molecular flexibility index (Phi) is 16.5. The molecular formula is C63H58Cl4F2N4O11S2. The van der Waals surface area contributed by atoms with Crippen LogP contribution in [0.5, 0.6) is 0 Å². The van der Waals surface area contributed by atoms with Gasteiger partial charge >= 0.3 is 11.9 Å². The standard InChI is InChI=1S/C34H33Cl2FN2O6S.C29H25Cl2FN2O5S/c1-2-43-28(41)11-10-26(40)18-12-25(37)31-27(13-18)46-33(38-31)34(42)19-8-9-20(34)15-21(14-19)44-16-22-30(39-45-32(22)17-6-7-17)29-23(35)4-3-5-24(29)36;30-19-2-1-3-20(31)23(19)24-18(26(39-34-24)13-4-5-13)12-38-17-10-15-6-7-16(11-17)29(15,37)28-33-25-21(32)8-14(27(35)36)9-22(25)40-28/h3-5,12-13,17,19-21,42H,2,6-11,14-16H2,1H3;1-3,8-9,13,15-17,37H,4-7,10-12H2,(H,35,36)/t19-,20+,21?,34?;15-,16+,17?,29?. The van der Waals surface area contributed by atoms with E-state index in [0.29, 0.717) is 106 Å². The van der Waals surface area contributed by atoms with Crippen molar-refractivity contribution in [3.63, 3.8) is 0 Å². The maximum absolute atomic E-state index is 15.2. The first-order valence-corrected chi connectivity index (χ1v) is 32.2. The molecule has 8 aromatic rings. The maximum atomic E-state index is 15.2. The third-order valence-electron chi connectivity index (χ3n) is 18.3. The zero-order valence-electron chi connectivity index (χ0n) is 46.4. The number of nitrogens with zero attached hydrogens (tertiary/aromatic N) is 4. The number of aromatic nitrogens is 4. The first-order valence-electron chi connectivity index (χ1n) is 29.1. The summed E-state index contributed by atoms with van der Waals surface area (Å²) in [5.74, 6) is -1.54. The van der Waals surface area contributed by atoms with Crippen molar-refractivity contribution in [1.29, 1.82) is 0 Å². The first-order chi connectivity index (χ1) is 41.4. The fourth-order valence-corrected chi connectivity index (χ4v) is 17.4. The molecule has 4 aromatic heterocycles. The molecule has 4 aromatic carbocycles. The first kappa shape index (κ1) is 59.5. The maximum Gasteiger partial charge on any atom is 0.335 e. The topological polar surface area (TPSA) is 217 Å². The molecule has 450 valence electrons. The number of aromatic carboxylic acids is 1. The lowest BCUT2D eigenvalue weighted by Gasteiger charge is -2.41. The van der Waals surface area contributed by atoms with Crippen LogP contribution in [0, 0.1) is 35.3 Å². The Morgan fingerprint density at radius 3 is 1.42 bits per heavy atom. The van der Waals surface area contributed by atoms with Gasteiger partial charge in [-0.05, 0) is 156 Å². The van der Waals surface area contributed by atoms with E-state index in [1.165, 1.54) is 28.7 Å². The van der Waals surface area contributed by atoms with E-state index in [2.05, 4.69) is 20.3 Å². The predicted octanol–water partition coefficient (Wildman–Crippen LogP) is 16.0. The van der Waals surface area contributed by atoms with Crippen LogP contribution in [0.4, 0.5) is 8.78 Å². The van der Waals surface area contributed by atoms with Crippen molar-refractivity contribution in [2.75, 3.05) is 6.61 Å². The molecule has 0 spiro atoms. The quantitative estimate of drug-likeness (QED) is 0.0538. The van der Waals surface area contributed by atoms with Crippen molar-refractivity contribution < 1.29 is 61.7 Å². The minimum Gasteiger partial charge on any atom is -0.478 e. The van der Waals surface area contributed by atoms with Crippen LogP contribution in [0.2, 0.25) is 20.1 Å². The van der Waals surface area contributed by atoms with Crippen LogP contribution in [0.25, 0.3) is 42.9 Å². The SMILES string of the molecule is CCOC(=O)CCC(=O)c1cc(F)c2nc(C3(O)[C@@H]4CC[C@H]3CC(OCc3c(-c5c(Cl)cccc5Cl)noc3C3CC3)C4)sc2c1.O=C(O)c1cc(F)c2nc(C3(O)[C@@H]4CC[C@H]3CC(OCc3c(-c5c(Cl)cccc5Cl)noc3C3CC3)C4)sc2c1. The van der Waals surface area contributed by atoms with Gasteiger partial charge in [0.05, 0.1) is 73.5 Å². The van der Waals surface area contributed by atoms with E-state index < -0.39 is 34.8 Å². The molecule has 6 aliphatic carbocycles. The number of benzene rings is 4. The lowest BCUT2D eigenvalue weighted by molar-refractivity contribution is -0.143. The lowest BCUT2D eigenvalue weighted by Crippen LogP contribution is -2.44. The lowest BCUT2D eigenvalue weighted by atomic mass is 9.73. The molecule has 86 heavy (non-hydrogen) atoms. The number of hydrogen-bond donors (Lipinski definition) is 3. The largest absolute Gasteiger partial charge is 0.478 e. The summed E-state index contributed by atoms with van der Waals surface area (Å²) in [5, 5.41) is 45.0. The number of esters is 1.